The number of fused-ring (bicyclic) bond motifs is 3. The first-order valence-electron chi connectivity index (χ1n) is 6.50. The number of halogens is 1. The number of hydrogen-bond donors (Lipinski definition) is 0. The van der Waals surface area contributed by atoms with Crippen LogP contribution in [-0.4, -0.2) is 11.8 Å². The van der Waals surface area contributed by atoms with E-state index in [0.29, 0.717) is 10.9 Å². The zero-order valence-corrected chi connectivity index (χ0v) is 18.6. The van der Waals surface area contributed by atoms with Gasteiger partial charge in [0.25, 0.3) is 0 Å². The summed E-state index contributed by atoms with van der Waals surface area (Å²) in [5.74, 6) is -1.07. The van der Waals surface area contributed by atoms with E-state index >= 15 is 0 Å². The topological polar surface area (TPSA) is 72.0 Å². The van der Waals surface area contributed by atoms with E-state index in [-0.39, 0.29) is 69.3 Å². The van der Waals surface area contributed by atoms with Gasteiger partial charge in [0.15, 0.2) is 0 Å². The third-order valence-electron chi connectivity index (χ3n) is 3.87. The molecular formula is C17H6BrN2O2Rb. The average Bonchev–Trinajstić information content (AvgIpc) is 2.81. The van der Waals surface area contributed by atoms with Gasteiger partial charge in [0, 0.05) is 26.4 Å². The third kappa shape index (κ3) is 2.44. The zero-order valence-electron chi connectivity index (χ0n) is 12.1. The monoisotopic (exact) mass is 434 g/mol. The first kappa shape index (κ1) is 16.9. The Kier molecular flexibility index (Phi) is 4.56. The normalized spacial score (nSPS) is 12.7. The molecule has 3 aromatic carbocycles. The molecule has 0 spiro atoms. The van der Waals surface area contributed by atoms with E-state index in [2.05, 4.69) is 27.3 Å². The Labute approximate surface area is 188 Å². The van der Waals surface area contributed by atoms with E-state index in [9.17, 15) is 14.9 Å². The third-order valence-corrected chi connectivity index (χ3v) is 4.73. The van der Waals surface area contributed by atoms with E-state index in [1.807, 2.05) is 24.3 Å². The van der Waals surface area contributed by atoms with E-state index in [1.165, 1.54) is 0 Å². The van der Waals surface area contributed by atoms with E-state index in [0.717, 1.165) is 20.6 Å². The molecule has 1 heterocycles. The second-order valence-corrected chi connectivity index (χ2v) is 5.80. The van der Waals surface area contributed by atoms with Gasteiger partial charge in [0.2, 0.25) is 0 Å². The maximum absolute atomic E-state index is 11.8. The van der Waals surface area contributed by atoms with Crippen LogP contribution in [0.15, 0.2) is 40.9 Å². The maximum Gasteiger partial charge on any atom is 1.00 e. The fraction of sp³-hybridized carbons (Fsp3) is 0. The van der Waals surface area contributed by atoms with E-state index < -0.39 is 11.8 Å². The van der Waals surface area contributed by atoms with Crippen LogP contribution in [0.1, 0.15) is 26.3 Å². The van der Waals surface area contributed by atoms with Crippen LogP contribution in [0.5, 0.6) is 0 Å². The molecule has 2 amide bonds. The predicted octanol–water partition coefficient (Wildman–Crippen LogP) is 1.30. The molecule has 3 aromatic rings. The molecule has 6 heteroatoms. The molecule has 104 valence electrons. The zero-order chi connectivity index (χ0) is 15.4. The molecule has 23 heavy (non-hydrogen) atoms. The molecule has 4 rings (SSSR count). The quantitative estimate of drug-likeness (QED) is 0.395. The van der Waals surface area contributed by atoms with Crippen LogP contribution >= 0.6 is 15.9 Å². The molecule has 4 nitrogen and oxygen atoms in total. The van der Waals surface area contributed by atoms with Crippen LogP contribution in [-0.2, 0) is 0 Å². The minimum absolute atomic E-state index is 0. The van der Waals surface area contributed by atoms with Gasteiger partial charge in [-0.05, 0) is 38.8 Å². The van der Waals surface area contributed by atoms with Crippen LogP contribution in [0.25, 0.3) is 26.9 Å². The van der Waals surface area contributed by atoms with Gasteiger partial charge in [-0.2, -0.15) is 5.26 Å². The minimum Gasteiger partial charge on any atom is -0.587 e. The Morgan fingerprint density at radius 1 is 0.913 bits per heavy atom. The smallest absolute Gasteiger partial charge is 0.587 e. The predicted molar refractivity (Wildman–Crippen MR) is 85.9 cm³/mol. The van der Waals surface area contributed by atoms with Gasteiger partial charge < -0.3 is 14.9 Å². The number of carbonyl (C=O) groups excluding carboxylic acids is 2. The summed E-state index contributed by atoms with van der Waals surface area (Å²) in [4.78, 5) is 23.6. The number of imide groups is 1. The van der Waals surface area contributed by atoms with Gasteiger partial charge in [0.1, 0.15) is 6.07 Å². The van der Waals surface area contributed by atoms with Crippen LogP contribution in [0, 0.1) is 11.3 Å². The molecule has 0 fully saturated rings. The minimum atomic E-state index is -0.546. The summed E-state index contributed by atoms with van der Waals surface area (Å²) in [5, 5.41) is 16.1. The standard InChI is InChI=1S/C17H7BrN2O2.Rb/c18-15-9-4-2-1-3-8(9)14(7-19)10-5-12-13(6-11(10)15)17(22)20-16(12)21;/h1-6H,(H,20,21,22);/q;+1/p-1. The summed E-state index contributed by atoms with van der Waals surface area (Å²) in [6, 6.07) is 13.0. The van der Waals surface area contributed by atoms with Crippen molar-refractivity contribution in [2.45, 2.75) is 0 Å². The largest absolute Gasteiger partial charge is 1.00 e. The number of rotatable bonds is 0. The number of hydrogen-bond acceptors (Lipinski definition) is 3. The molecule has 0 aliphatic carbocycles. The second-order valence-electron chi connectivity index (χ2n) is 5.01. The Morgan fingerprint density at radius 2 is 1.48 bits per heavy atom. The molecule has 0 unspecified atom stereocenters. The van der Waals surface area contributed by atoms with Crippen LogP contribution in [0.4, 0.5) is 0 Å². The molecule has 0 atom stereocenters. The number of benzene rings is 3. The molecule has 0 aromatic heterocycles. The number of nitriles is 1. The van der Waals surface area contributed by atoms with E-state index in [4.69, 9.17) is 0 Å². The summed E-state index contributed by atoms with van der Waals surface area (Å²) in [5.41, 5.74) is 1.04. The maximum atomic E-state index is 11.8. The van der Waals surface area contributed by atoms with Crippen molar-refractivity contribution in [3.63, 3.8) is 0 Å². The Hall–Kier alpha value is -0.905. The molecule has 0 N–H and O–H groups in total. The van der Waals surface area contributed by atoms with E-state index in [1.54, 1.807) is 12.1 Å². The van der Waals surface area contributed by atoms with Gasteiger partial charge in [-0.15, -0.1) is 0 Å². The van der Waals surface area contributed by atoms with Crippen molar-refractivity contribution in [1.82, 2.24) is 0 Å². The van der Waals surface area contributed by atoms with Gasteiger partial charge >= 0.3 is 58.2 Å². The Bertz CT molecular complexity index is 1070. The SMILES string of the molecule is N#Cc1c2ccccc2c(Br)c2cc3c(cc12)C(=O)[N-]C3=O.[Rb+]. The molecule has 0 bridgehead atoms. The van der Waals surface area contributed by atoms with Crippen molar-refractivity contribution in [3.8, 4) is 6.07 Å². The summed E-state index contributed by atoms with van der Waals surface area (Å²) < 4.78 is 0.798. The first-order valence-corrected chi connectivity index (χ1v) is 7.29. The van der Waals surface area contributed by atoms with Gasteiger partial charge in [-0.25, -0.2) is 0 Å². The number of nitrogens with zero attached hydrogens (tertiary/aromatic N) is 2. The summed E-state index contributed by atoms with van der Waals surface area (Å²) in [6.07, 6.45) is 0. The first-order chi connectivity index (χ1) is 10.6. The van der Waals surface area contributed by atoms with Gasteiger partial charge in [-0.1, -0.05) is 24.3 Å². The van der Waals surface area contributed by atoms with Crippen molar-refractivity contribution >= 4 is 49.3 Å². The second kappa shape index (κ2) is 6.19. The van der Waals surface area contributed by atoms with Crippen molar-refractivity contribution in [3.05, 3.63) is 62.9 Å². The van der Waals surface area contributed by atoms with Gasteiger partial charge in [-0.3, -0.25) is 0 Å². The number of carbonyl (C=O) groups is 2. The molecule has 1 aliphatic rings. The Balaban J connectivity index is 0.00000156. The van der Waals surface area contributed by atoms with Crippen LogP contribution in [0.3, 0.4) is 0 Å². The molecule has 0 radical (unpaired) electrons. The molecular weight excluding hydrogens is 430 g/mol. The fourth-order valence-corrected chi connectivity index (χ4v) is 3.53. The van der Waals surface area contributed by atoms with Crippen molar-refractivity contribution in [2.75, 3.05) is 0 Å². The summed E-state index contributed by atoms with van der Waals surface area (Å²) in [7, 11) is 0. The number of amides is 2. The van der Waals surface area contributed by atoms with Gasteiger partial charge in [0.05, 0.1) is 17.4 Å². The molecule has 1 aliphatic heterocycles. The summed E-state index contributed by atoms with van der Waals surface area (Å²) in [6.45, 7) is 0. The van der Waals surface area contributed by atoms with Crippen molar-refractivity contribution in [2.24, 2.45) is 0 Å². The average molecular weight is 436 g/mol. The van der Waals surface area contributed by atoms with Crippen molar-refractivity contribution in [1.29, 1.82) is 5.26 Å². The van der Waals surface area contributed by atoms with Crippen molar-refractivity contribution < 1.29 is 67.8 Å². The van der Waals surface area contributed by atoms with Crippen LogP contribution in [0.2, 0.25) is 0 Å². The Morgan fingerprint density at radius 3 is 2.09 bits per heavy atom. The summed E-state index contributed by atoms with van der Waals surface area (Å²) >= 11 is 3.55. The molecule has 0 saturated heterocycles. The fourth-order valence-electron chi connectivity index (χ4n) is 2.86. The van der Waals surface area contributed by atoms with Crippen LogP contribution < -0.4 is 58.2 Å². The molecule has 0 saturated carbocycles.